The largest absolute Gasteiger partial charge is 0.459 e. The molecule has 0 fully saturated rings. The number of hydrogen-bond donors (Lipinski definition) is 1. The van der Waals surface area contributed by atoms with Crippen molar-refractivity contribution in [2.45, 2.75) is 52.1 Å². The molecule has 0 atom stereocenters. The number of fused-ring (bicyclic) bond motifs is 2. The molecule has 1 aliphatic heterocycles. The molecule has 2 aliphatic rings. The zero-order valence-electron chi connectivity index (χ0n) is 16.0. The lowest BCUT2D eigenvalue weighted by Gasteiger charge is -2.11. The SMILES string of the molecule is CC(C)OC(=O)c1c(NC(=O)c2ccc3c(c2)OCO3)sc2c1CCCCC2. The van der Waals surface area contributed by atoms with E-state index >= 15 is 0 Å². The van der Waals surface area contributed by atoms with Gasteiger partial charge in [-0.2, -0.15) is 0 Å². The fourth-order valence-corrected chi connectivity index (χ4v) is 4.81. The van der Waals surface area contributed by atoms with Crippen LogP contribution in [-0.2, 0) is 17.6 Å². The summed E-state index contributed by atoms with van der Waals surface area (Å²) in [5.74, 6) is 0.526. The van der Waals surface area contributed by atoms with Crippen LogP contribution < -0.4 is 14.8 Å². The van der Waals surface area contributed by atoms with E-state index in [4.69, 9.17) is 14.2 Å². The van der Waals surface area contributed by atoms with Crippen molar-refractivity contribution in [3.05, 3.63) is 39.8 Å². The normalized spacial score (nSPS) is 15.1. The first-order chi connectivity index (χ1) is 13.5. The maximum atomic E-state index is 12.8. The minimum atomic E-state index is -0.365. The molecule has 6 nitrogen and oxygen atoms in total. The third-order valence-corrected chi connectivity index (χ3v) is 6.04. The summed E-state index contributed by atoms with van der Waals surface area (Å²) in [6.45, 7) is 3.81. The Balaban J connectivity index is 1.64. The molecule has 1 aromatic carbocycles. The second-order valence-corrected chi connectivity index (χ2v) is 8.35. The minimum absolute atomic E-state index is 0.156. The standard InChI is InChI=1S/C21H23NO5S/c1-12(2)27-21(24)18-14-6-4-3-5-7-17(14)28-20(18)22-19(23)13-8-9-15-16(10-13)26-11-25-15/h8-10,12H,3-7,11H2,1-2H3,(H,22,23). The average Bonchev–Trinajstić information content (AvgIpc) is 3.18. The minimum Gasteiger partial charge on any atom is -0.459 e. The summed E-state index contributed by atoms with van der Waals surface area (Å²) in [5.41, 5.74) is 2.01. The molecule has 4 rings (SSSR count). The van der Waals surface area contributed by atoms with Gasteiger partial charge in [0.25, 0.3) is 5.91 Å². The Morgan fingerprint density at radius 1 is 1.11 bits per heavy atom. The van der Waals surface area contributed by atoms with Gasteiger partial charge < -0.3 is 19.5 Å². The first-order valence-electron chi connectivity index (χ1n) is 9.59. The zero-order chi connectivity index (χ0) is 19.7. The molecule has 7 heteroatoms. The highest BCUT2D eigenvalue weighted by Gasteiger charge is 2.28. The number of carbonyl (C=O) groups excluding carboxylic acids is 2. The number of anilines is 1. The van der Waals surface area contributed by atoms with Gasteiger partial charge >= 0.3 is 5.97 Å². The van der Waals surface area contributed by atoms with Crippen molar-refractivity contribution >= 4 is 28.2 Å². The maximum absolute atomic E-state index is 12.8. The number of hydrogen-bond acceptors (Lipinski definition) is 6. The van der Waals surface area contributed by atoms with Crippen molar-refractivity contribution in [1.82, 2.24) is 0 Å². The van der Waals surface area contributed by atoms with Gasteiger partial charge in [-0.15, -0.1) is 11.3 Å². The molecule has 2 heterocycles. The first kappa shape index (κ1) is 18.8. The quantitative estimate of drug-likeness (QED) is 0.600. The molecule has 0 saturated heterocycles. The molecule has 1 aliphatic carbocycles. The molecular formula is C21H23NO5S. The Morgan fingerprint density at radius 2 is 1.89 bits per heavy atom. The van der Waals surface area contributed by atoms with E-state index in [1.54, 1.807) is 18.2 Å². The fraction of sp³-hybridized carbons (Fsp3) is 0.429. The summed E-state index contributed by atoms with van der Waals surface area (Å²) >= 11 is 1.49. The van der Waals surface area contributed by atoms with E-state index in [-0.39, 0.29) is 24.8 Å². The summed E-state index contributed by atoms with van der Waals surface area (Å²) in [7, 11) is 0. The van der Waals surface area contributed by atoms with Gasteiger partial charge in [0.2, 0.25) is 6.79 Å². The summed E-state index contributed by atoms with van der Waals surface area (Å²) in [6, 6.07) is 5.06. The summed E-state index contributed by atoms with van der Waals surface area (Å²) in [6.07, 6.45) is 4.85. The number of benzene rings is 1. The number of carbonyl (C=O) groups is 2. The van der Waals surface area contributed by atoms with E-state index in [1.165, 1.54) is 16.2 Å². The number of aryl methyl sites for hydroxylation is 1. The van der Waals surface area contributed by atoms with E-state index in [2.05, 4.69) is 5.32 Å². The molecule has 1 amide bonds. The van der Waals surface area contributed by atoms with Crippen LogP contribution in [0.2, 0.25) is 0 Å². The second-order valence-electron chi connectivity index (χ2n) is 7.24. The van der Waals surface area contributed by atoms with Crippen LogP contribution in [0.4, 0.5) is 5.00 Å². The van der Waals surface area contributed by atoms with E-state index in [0.29, 0.717) is 27.6 Å². The number of nitrogens with one attached hydrogen (secondary N) is 1. The van der Waals surface area contributed by atoms with Gasteiger partial charge in [0.1, 0.15) is 5.00 Å². The lowest BCUT2D eigenvalue weighted by atomic mass is 10.1. The molecule has 0 saturated carbocycles. The highest BCUT2D eigenvalue weighted by atomic mass is 32.1. The van der Waals surface area contributed by atoms with Crippen LogP contribution in [0.25, 0.3) is 0 Å². The summed E-state index contributed by atoms with van der Waals surface area (Å²) in [5, 5.41) is 3.50. The summed E-state index contributed by atoms with van der Waals surface area (Å²) < 4.78 is 16.1. The van der Waals surface area contributed by atoms with Crippen molar-refractivity contribution in [2.75, 3.05) is 12.1 Å². The van der Waals surface area contributed by atoms with E-state index in [1.807, 2.05) is 13.8 Å². The lowest BCUT2D eigenvalue weighted by molar-refractivity contribution is 0.0378. The molecule has 1 aromatic heterocycles. The van der Waals surface area contributed by atoms with Gasteiger partial charge in [0.05, 0.1) is 11.7 Å². The third kappa shape index (κ3) is 3.71. The number of esters is 1. The Labute approximate surface area is 167 Å². The second kappa shape index (κ2) is 7.83. The molecular weight excluding hydrogens is 378 g/mol. The van der Waals surface area contributed by atoms with Gasteiger partial charge in [0.15, 0.2) is 11.5 Å². The van der Waals surface area contributed by atoms with E-state index < -0.39 is 0 Å². The van der Waals surface area contributed by atoms with Gasteiger partial charge in [-0.1, -0.05) is 6.42 Å². The van der Waals surface area contributed by atoms with Crippen molar-refractivity contribution in [3.8, 4) is 11.5 Å². The average molecular weight is 401 g/mol. The van der Waals surface area contributed by atoms with E-state index in [9.17, 15) is 9.59 Å². The zero-order valence-corrected chi connectivity index (χ0v) is 16.8. The predicted octanol–water partition coefficient (Wildman–Crippen LogP) is 4.56. The first-order valence-corrected chi connectivity index (χ1v) is 10.4. The van der Waals surface area contributed by atoms with Crippen molar-refractivity contribution in [1.29, 1.82) is 0 Å². The predicted molar refractivity (Wildman–Crippen MR) is 107 cm³/mol. The Kier molecular flexibility index (Phi) is 5.26. The molecule has 0 bridgehead atoms. The number of amides is 1. The third-order valence-electron chi connectivity index (χ3n) is 4.83. The topological polar surface area (TPSA) is 73.9 Å². The van der Waals surface area contributed by atoms with Crippen LogP contribution in [-0.4, -0.2) is 24.8 Å². The Morgan fingerprint density at radius 3 is 2.71 bits per heavy atom. The fourth-order valence-electron chi connectivity index (χ4n) is 3.53. The van der Waals surface area contributed by atoms with Crippen LogP contribution in [0.15, 0.2) is 18.2 Å². The highest BCUT2D eigenvalue weighted by Crippen LogP contribution is 2.39. The van der Waals surface area contributed by atoms with Crippen LogP contribution in [0.3, 0.4) is 0 Å². The van der Waals surface area contributed by atoms with Crippen LogP contribution in [0.5, 0.6) is 11.5 Å². The molecule has 2 aromatic rings. The molecule has 0 radical (unpaired) electrons. The summed E-state index contributed by atoms with van der Waals surface area (Å²) in [4.78, 5) is 26.8. The number of rotatable bonds is 4. The molecule has 148 valence electrons. The van der Waals surface area contributed by atoms with Crippen LogP contribution in [0, 0.1) is 0 Å². The molecule has 0 unspecified atom stereocenters. The highest BCUT2D eigenvalue weighted by molar-refractivity contribution is 7.17. The van der Waals surface area contributed by atoms with Gasteiger partial charge in [-0.3, -0.25) is 4.79 Å². The molecule has 28 heavy (non-hydrogen) atoms. The van der Waals surface area contributed by atoms with Crippen molar-refractivity contribution in [2.24, 2.45) is 0 Å². The Hall–Kier alpha value is -2.54. The van der Waals surface area contributed by atoms with Gasteiger partial charge in [-0.05, 0) is 63.3 Å². The number of thiophene rings is 1. The number of ether oxygens (including phenoxy) is 3. The Bertz CT molecular complexity index is 918. The van der Waals surface area contributed by atoms with Gasteiger partial charge in [0, 0.05) is 10.4 Å². The lowest BCUT2D eigenvalue weighted by Crippen LogP contribution is -2.17. The molecule has 1 N–H and O–H groups in total. The monoisotopic (exact) mass is 401 g/mol. The molecule has 0 spiro atoms. The van der Waals surface area contributed by atoms with Crippen molar-refractivity contribution < 1.29 is 23.8 Å². The van der Waals surface area contributed by atoms with Gasteiger partial charge in [-0.25, -0.2) is 4.79 Å². The van der Waals surface area contributed by atoms with Crippen LogP contribution in [0.1, 0.15) is 64.3 Å². The smallest absolute Gasteiger partial charge is 0.341 e. The maximum Gasteiger partial charge on any atom is 0.341 e. The van der Waals surface area contributed by atoms with E-state index in [0.717, 1.165) is 37.7 Å². The van der Waals surface area contributed by atoms with Crippen LogP contribution >= 0.6 is 11.3 Å². The van der Waals surface area contributed by atoms with Crippen molar-refractivity contribution in [3.63, 3.8) is 0 Å².